The second-order valence-corrected chi connectivity index (χ2v) is 20.6. The maximum absolute atomic E-state index is 14.3. The van der Waals surface area contributed by atoms with Gasteiger partial charge in [0.25, 0.3) is 0 Å². The van der Waals surface area contributed by atoms with E-state index in [2.05, 4.69) is 74.2 Å². The quantitative estimate of drug-likeness (QED) is 0.0983. The van der Waals surface area contributed by atoms with Crippen LogP contribution in [-0.4, -0.2) is 165 Å². The van der Waals surface area contributed by atoms with Crippen molar-refractivity contribution in [1.29, 1.82) is 0 Å². The van der Waals surface area contributed by atoms with Gasteiger partial charge < -0.3 is 44.2 Å². The number of aromatic nitrogens is 4. The number of likely N-dealkylation sites (N-methyl/N-ethyl adjacent to an activating group) is 1. The summed E-state index contributed by atoms with van der Waals surface area (Å²) >= 11 is 0. The molecule has 0 aliphatic carbocycles. The highest BCUT2D eigenvalue weighted by molar-refractivity contribution is 5.91. The Labute approximate surface area is 427 Å². The van der Waals surface area contributed by atoms with Crippen molar-refractivity contribution in [2.75, 3.05) is 59.3 Å². The number of fused-ring (bicyclic) bond motifs is 1. The molecule has 4 heterocycles. The van der Waals surface area contributed by atoms with Gasteiger partial charge in [0, 0.05) is 62.6 Å². The van der Waals surface area contributed by atoms with E-state index in [0.29, 0.717) is 45.4 Å². The van der Waals surface area contributed by atoms with E-state index >= 15 is 0 Å². The number of nitrogens with zero attached hydrogens (tertiary/aromatic N) is 8. The summed E-state index contributed by atoms with van der Waals surface area (Å²) in [6.07, 6.45) is 3.69. The first-order chi connectivity index (χ1) is 34.4. The summed E-state index contributed by atoms with van der Waals surface area (Å²) in [6, 6.07) is 17.7. The number of hydrogen-bond acceptors (Lipinski definition) is 15. The lowest BCUT2D eigenvalue weighted by Crippen LogP contribution is -2.63. The van der Waals surface area contributed by atoms with Gasteiger partial charge in [0.15, 0.2) is 12.1 Å². The Morgan fingerprint density at radius 2 is 1.61 bits per heavy atom. The number of ketones is 1. The summed E-state index contributed by atoms with van der Waals surface area (Å²) in [6.45, 7) is 17.5. The molecule has 2 aliphatic rings. The molecular formula is C56H82N8O8. The van der Waals surface area contributed by atoms with Crippen LogP contribution in [0.1, 0.15) is 85.4 Å². The number of para-hydroxylation sites is 1. The van der Waals surface area contributed by atoms with E-state index in [-0.39, 0.29) is 18.1 Å². The molecule has 16 nitrogen and oxygen atoms in total. The third kappa shape index (κ3) is 14.9. The fourth-order valence-electron chi connectivity index (χ4n) is 10.3. The first-order valence-corrected chi connectivity index (χ1v) is 26.0. The molecule has 16 heteroatoms. The van der Waals surface area contributed by atoms with Crippen LogP contribution in [0.2, 0.25) is 0 Å². The lowest BCUT2D eigenvalue weighted by molar-refractivity contribution is -0.304. The number of anilines is 1. The number of allylic oxidation sites excluding steroid dienone is 3. The van der Waals surface area contributed by atoms with E-state index < -0.39 is 72.7 Å². The Balaban J connectivity index is 1.38. The highest BCUT2D eigenvalue weighted by atomic mass is 16.7. The van der Waals surface area contributed by atoms with Crippen LogP contribution in [0, 0.1) is 23.7 Å². The maximum atomic E-state index is 14.3. The number of hydrogen-bond donors (Lipinski definition) is 3. The highest BCUT2D eigenvalue weighted by Crippen LogP contribution is 2.35. The first-order valence-electron chi connectivity index (χ1n) is 26.0. The van der Waals surface area contributed by atoms with Crippen LogP contribution < -0.4 is 4.90 Å². The molecule has 2 aromatic heterocycles. The second-order valence-electron chi connectivity index (χ2n) is 20.6. The monoisotopic (exact) mass is 995 g/mol. The number of ether oxygens (including phenoxy) is 3. The fraction of sp³-hybridized carbons (Fsp3) is 0.589. The minimum Gasteiger partial charge on any atom is -0.462 e. The van der Waals surface area contributed by atoms with Gasteiger partial charge in [0.05, 0.1) is 66.2 Å². The van der Waals surface area contributed by atoms with Crippen molar-refractivity contribution in [2.45, 2.75) is 136 Å². The lowest BCUT2D eigenvalue weighted by Gasteiger charge is -2.46. The molecule has 0 radical (unpaired) electrons. The molecule has 3 N–H and O–H groups in total. The van der Waals surface area contributed by atoms with Crippen LogP contribution in [-0.2, 0) is 36.9 Å². The number of benzene rings is 2. The van der Waals surface area contributed by atoms with E-state index in [0.717, 1.165) is 52.2 Å². The van der Waals surface area contributed by atoms with Crippen molar-refractivity contribution in [3.05, 3.63) is 102 Å². The first kappa shape index (κ1) is 56.4. The van der Waals surface area contributed by atoms with Gasteiger partial charge in [-0.1, -0.05) is 87.9 Å². The summed E-state index contributed by atoms with van der Waals surface area (Å²) in [5.74, 6) is -2.33. The summed E-state index contributed by atoms with van der Waals surface area (Å²) in [5, 5.41) is 45.4. The van der Waals surface area contributed by atoms with Gasteiger partial charge in [0.2, 0.25) is 0 Å². The average Bonchev–Trinajstić information content (AvgIpc) is 3.83. The lowest BCUT2D eigenvalue weighted by atomic mass is 9.79. The molecule has 0 bridgehead atoms. The van der Waals surface area contributed by atoms with E-state index in [1.165, 1.54) is 0 Å². The van der Waals surface area contributed by atoms with Crippen molar-refractivity contribution >= 4 is 28.3 Å². The van der Waals surface area contributed by atoms with Gasteiger partial charge in [-0.15, -0.1) is 5.10 Å². The Bertz CT molecular complexity index is 2400. The molecule has 72 heavy (non-hydrogen) atoms. The molecule has 394 valence electrons. The molecule has 12 atom stereocenters. The van der Waals surface area contributed by atoms with Gasteiger partial charge in [-0.3, -0.25) is 19.5 Å². The van der Waals surface area contributed by atoms with E-state index in [1.54, 1.807) is 42.9 Å². The molecular weight excluding hydrogens is 913 g/mol. The zero-order valence-corrected chi connectivity index (χ0v) is 44.5. The van der Waals surface area contributed by atoms with Crippen LogP contribution >= 0.6 is 0 Å². The predicted molar refractivity (Wildman–Crippen MR) is 281 cm³/mol. The Morgan fingerprint density at radius 1 is 0.889 bits per heavy atom. The third-order valence-corrected chi connectivity index (χ3v) is 14.8. The second kappa shape index (κ2) is 26.3. The van der Waals surface area contributed by atoms with Gasteiger partial charge >= 0.3 is 5.97 Å². The molecule has 0 saturated carbocycles. The summed E-state index contributed by atoms with van der Waals surface area (Å²) in [7, 11) is 7.59. The third-order valence-electron chi connectivity index (χ3n) is 14.8. The van der Waals surface area contributed by atoms with E-state index in [9.17, 15) is 24.9 Å². The minimum absolute atomic E-state index is 0.0541. The average molecular weight is 995 g/mol. The van der Waals surface area contributed by atoms with E-state index in [1.807, 2.05) is 84.4 Å². The van der Waals surface area contributed by atoms with Crippen molar-refractivity contribution in [1.82, 2.24) is 34.7 Å². The van der Waals surface area contributed by atoms with Gasteiger partial charge in [-0.25, -0.2) is 4.68 Å². The minimum atomic E-state index is -1.27. The number of aliphatic hydroxyl groups excluding tert-OH is 3. The number of carbonyl (C=O) groups excluding carboxylic acids is 2. The van der Waals surface area contributed by atoms with Crippen molar-refractivity contribution in [2.24, 2.45) is 23.7 Å². The molecule has 0 spiro atoms. The van der Waals surface area contributed by atoms with Crippen molar-refractivity contribution in [3.63, 3.8) is 0 Å². The van der Waals surface area contributed by atoms with Gasteiger partial charge in [-0.05, 0) is 109 Å². The molecule has 2 aliphatic heterocycles. The number of carbonyl (C=O) groups is 2. The molecule has 0 unspecified atom stereocenters. The summed E-state index contributed by atoms with van der Waals surface area (Å²) in [4.78, 5) is 41.3. The number of cyclic esters (lactones) is 1. The normalized spacial score (nSPS) is 29.4. The molecule has 0 amide bonds. The Morgan fingerprint density at radius 3 is 2.29 bits per heavy atom. The van der Waals surface area contributed by atoms with E-state index in [4.69, 9.17) is 14.2 Å². The van der Waals surface area contributed by atoms with Crippen molar-refractivity contribution < 1.29 is 39.1 Å². The fourth-order valence-corrected chi connectivity index (χ4v) is 10.3. The standard InChI is InChI=1S/C56H82N8O8/c1-12-50-43(33-62(13-2)14-3)27-36(4)19-24-48(65)37(5)28-42(55(38(6)49(66)30-51(67)71-50)72-56-54(69)52(61(10)11)53(68)39(7)70-56)25-26-63(32-40-20-22-45(23-21-40)60(8)9)34-44-35-64(59-58-44)46-29-41-17-15-16-18-47(41)57-31-46/h15-24,27,29,31,35,37-39,42-43,49-50,52-56,66,68-69H,12-14,25-26,28,30,32-34H2,1-11H3/b24-19+,36-27+/t37-,38+,39-,42+,43-,49-,50-,52+,53-,54-,55-,56+/m1/s1. The highest BCUT2D eigenvalue weighted by Gasteiger charge is 2.47. The van der Waals surface area contributed by atoms with Crippen LogP contribution in [0.5, 0.6) is 0 Å². The van der Waals surface area contributed by atoms with Crippen LogP contribution in [0.3, 0.4) is 0 Å². The molecule has 2 aromatic carbocycles. The Kier molecular flexibility index (Phi) is 20.6. The number of pyridine rings is 1. The van der Waals surface area contributed by atoms with Crippen molar-refractivity contribution in [3.8, 4) is 5.69 Å². The Hall–Kier alpha value is -4.91. The number of aliphatic hydroxyl groups is 3. The van der Waals surface area contributed by atoms with Crippen LogP contribution in [0.15, 0.2) is 90.8 Å². The maximum Gasteiger partial charge on any atom is 0.308 e. The molecule has 1 fully saturated rings. The van der Waals surface area contributed by atoms with Crippen LogP contribution in [0.25, 0.3) is 16.6 Å². The summed E-state index contributed by atoms with van der Waals surface area (Å²) < 4.78 is 21.2. The molecule has 1 saturated heterocycles. The topological polar surface area (TPSA) is 179 Å². The largest absolute Gasteiger partial charge is 0.462 e. The zero-order valence-electron chi connectivity index (χ0n) is 44.5. The SMILES string of the molecule is CC[C@H]1OC(=O)C[C@@H](O)[C@H](C)[C@@H](O[C@@H]2O[C@H](C)[C@@H](O)[C@H](N(C)C)[C@H]2O)[C@@H](CCN(Cc2ccc(N(C)C)cc2)Cc2cn(-c3cnc4ccccc4c3)nn2)C[C@@H](C)C(=O)/C=C/C(C)=C/[C@@H]1CN(CC)CC. The number of esters is 1. The molecule has 6 rings (SSSR count). The summed E-state index contributed by atoms with van der Waals surface area (Å²) in [5.41, 5.74) is 5.46. The van der Waals surface area contributed by atoms with Gasteiger partial charge in [-0.2, -0.15) is 0 Å². The van der Waals surface area contributed by atoms with Gasteiger partial charge in [0.1, 0.15) is 12.2 Å². The number of rotatable bonds is 17. The molecule has 4 aromatic rings. The zero-order chi connectivity index (χ0) is 52.2. The smallest absolute Gasteiger partial charge is 0.308 e. The van der Waals surface area contributed by atoms with Crippen LogP contribution in [0.4, 0.5) is 5.69 Å². The predicted octanol–water partition coefficient (Wildman–Crippen LogP) is 6.45.